The summed E-state index contributed by atoms with van der Waals surface area (Å²) in [6.45, 7) is 12.5. The summed E-state index contributed by atoms with van der Waals surface area (Å²) in [5.74, 6) is -0.330. The van der Waals surface area contributed by atoms with Crippen LogP contribution in [0.5, 0.6) is 0 Å². The number of benzene rings is 1. The highest BCUT2D eigenvalue weighted by atomic mass is 32.2. The highest BCUT2D eigenvalue weighted by Crippen LogP contribution is 2.45. The van der Waals surface area contributed by atoms with E-state index in [1.54, 1.807) is 0 Å². The topological polar surface area (TPSA) is 66.8 Å². The molecule has 4 nitrogen and oxygen atoms in total. The SMILES string of the molecule is CC(C)(C)[Si](C)(C)O[C@@H]1C[C@](C)(Sc2ccccc2)C(=O)[C@@H](O)[C@H]1O. The Morgan fingerprint density at radius 3 is 2.28 bits per heavy atom. The normalized spacial score (nSPS) is 31.2. The van der Waals surface area contributed by atoms with Crippen molar-refractivity contribution in [3.63, 3.8) is 0 Å². The molecule has 1 aliphatic carbocycles. The number of Topliss-reactive ketones (excluding diaryl/α,β-unsaturated/α-hetero) is 1. The summed E-state index contributed by atoms with van der Waals surface area (Å²) in [6, 6.07) is 9.67. The molecule has 0 aliphatic heterocycles. The molecule has 6 heteroatoms. The van der Waals surface area contributed by atoms with Crippen LogP contribution in [0.15, 0.2) is 35.2 Å². The molecule has 4 atom stereocenters. The van der Waals surface area contributed by atoms with Crippen LogP contribution in [0, 0.1) is 0 Å². The maximum Gasteiger partial charge on any atom is 0.192 e. The van der Waals surface area contributed by atoms with Gasteiger partial charge in [-0.2, -0.15) is 0 Å². The summed E-state index contributed by atoms with van der Waals surface area (Å²) in [6.07, 6.45) is -2.75. The molecule has 0 radical (unpaired) electrons. The fourth-order valence-electron chi connectivity index (χ4n) is 2.78. The van der Waals surface area contributed by atoms with Gasteiger partial charge in [0.2, 0.25) is 0 Å². The molecule has 2 rings (SSSR count). The van der Waals surface area contributed by atoms with Crippen molar-refractivity contribution in [3.05, 3.63) is 30.3 Å². The Kier molecular flexibility index (Phi) is 5.91. The van der Waals surface area contributed by atoms with Crippen molar-refractivity contribution in [2.75, 3.05) is 0 Å². The van der Waals surface area contributed by atoms with Crippen LogP contribution in [0.4, 0.5) is 0 Å². The highest BCUT2D eigenvalue weighted by molar-refractivity contribution is 8.01. The number of aliphatic hydroxyl groups excluding tert-OH is 2. The van der Waals surface area contributed by atoms with E-state index in [0.717, 1.165) is 4.90 Å². The van der Waals surface area contributed by atoms with E-state index in [1.165, 1.54) is 11.8 Å². The van der Waals surface area contributed by atoms with Crippen LogP contribution >= 0.6 is 11.8 Å². The number of ketones is 1. The largest absolute Gasteiger partial charge is 0.411 e. The van der Waals surface area contributed by atoms with Crippen LogP contribution in [0.3, 0.4) is 0 Å². The molecule has 0 saturated heterocycles. The second kappa shape index (κ2) is 7.16. The fraction of sp³-hybridized carbons (Fsp3) is 0.632. The van der Waals surface area contributed by atoms with Gasteiger partial charge in [-0.05, 0) is 43.6 Å². The van der Waals surface area contributed by atoms with E-state index in [-0.39, 0.29) is 10.8 Å². The van der Waals surface area contributed by atoms with Gasteiger partial charge in [0, 0.05) is 4.90 Å². The lowest BCUT2D eigenvalue weighted by Crippen LogP contribution is -2.60. The first kappa shape index (κ1) is 20.6. The van der Waals surface area contributed by atoms with Crippen LogP contribution in [-0.4, -0.2) is 47.4 Å². The Morgan fingerprint density at radius 2 is 1.76 bits per heavy atom. The Labute approximate surface area is 156 Å². The third-order valence-corrected chi connectivity index (χ3v) is 11.3. The van der Waals surface area contributed by atoms with Gasteiger partial charge < -0.3 is 14.6 Å². The zero-order valence-electron chi connectivity index (χ0n) is 15.9. The third-order valence-electron chi connectivity index (χ3n) is 5.42. The zero-order valence-corrected chi connectivity index (χ0v) is 17.8. The average Bonchev–Trinajstić information content (AvgIpc) is 2.50. The molecular weight excluding hydrogens is 352 g/mol. The molecule has 0 unspecified atom stereocenters. The zero-order chi connectivity index (χ0) is 19.0. The first-order valence-corrected chi connectivity index (χ1v) is 12.4. The quantitative estimate of drug-likeness (QED) is 0.779. The van der Waals surface area contributed by atoms with Gasteiger partial charge in [0.15, 0.2) is 14.1 Å². The monoisotopic (exact) mass is 382 g/mol. The lowest BCUT2D eigenvalue weighted by atomic mass is 9.82. The number of hydrogen-bond acceptors (Lipinski definition) is 5. The van der Waals surface area contributed by atoms with Gasteiger partial charge >= 0.3 is 0 Å². The lowest BCUT2D eigenvalue weighted by molar-refractivity contribution is -0.148. The summed E-state index contributed by atoms with van der Waals surface area (Å²) < 4.78 is 5.54. The van der Waals surface area contributed by atoms with Crippen molar-refractivity contribution < 1.29 is 19.4 Å². The highest BCUT2D eigenvalue weighted by Gasteiger charge is 2.52. The number of rotatable bonds is 4. The van der Waals surface area contributed by atoms with Gasteiger partial charge in [-0.15, -0.1) is 11.8 Å². The maximum atomic E-state index is 12.7. The van der Waals surface area contributed by atoms with Crippen LogP contribution < -0.4 is 0 Å². The summed E-state index contributed by atoms with van der Waals surface area (Å²) in [7, 11) is -2.13. The van der Waals surface area contributed by atoms with Crippen LogP contribution in [-0.2, 0) is 9.22 Å². The summed E-state index contributed by atoms with van der Waals surface area (Å²) in [5.41, 5.74) is 0. The van der Waals surface area contributed by atoms with Crippen molar-refractivity contribution in [3.8, 4) is 0 Å². The van der Waals surface area contributed by atoms with Crippen molar-refractivity contribution in [1.29, 1.82) is 0 Å². The molecule has 0 bridgehead atoms. The molecular formula is C19H30O4SSi. The molecule has 140 valence electrons. The molecule has 1 saturated carbocycles. The van der Waals surface area contributed by atoms with Gasteiger partial charge in [-0.25, -0.2) is 0 Å². The van der Waals surface area contributed by atoms with E-state index >= 15 is 0 Å². The number of carbonyl (C=O) groups excluding carboxylic acids is 1. The predicted molar refractivity (Wildman–Crippen MR) is 104 cm³/mol. The van der Waals surface area contributed by atoms with Crippen molar-refractivity contribution in [2.24, 2.45) is 0 Å². The fourth-order valence-corrected chi connectivity index (χ4v) is 5.40. The molecule has 2 N–H and O–H groups in total. The second-order valence-electron chi connectivity index (χ2n) is 8.57. The van der Waals surface area contributed by atoms with Crippen molar-refractivity contribution >= 4 is 25.9 Å². The first-order chi connectivity index (χ1) is 11.4. The summed E-state index contributed by atoms with van der Waals surface area (Å²) in [5, 5.41) is 20.8. The Bertz CT molecular complexity index is 614. The van der Waals surface area contributed by atoms with Gasteiger partial charge in [0.25, 0.3) is 0 Å². The summed E-state index contributed by atoms with van der Waals surface area (Å²) in [4.78, 5) is 13.7. The summed E-state index contributed by atoms with van der Waals surface area (Å²) >= 11 is 1.43. The van der Waals surface area contributed by atoms with Crippen molar-refractivity contribution in [2.45, 2.75) is 80.2 Å². The molecule has 1 aliphatic rings. The van der Waals surface area contributed by atoms with Gasteiger partial charge in [-0.3, -0.25) is 4.79 Å². The second-order valence-corrected chi connectivity index (χ2v) is 14.9. The standard InChI is InChI=1S/C19H30O4SSi/c1-18(2,3)25(5,6)23-14-12-19(4,17(22)16(21)15(14)20)24-13-10-8-7-9-11-13/h7-11,14-16,20-21H,12H2,1-6H3/t14-,15+,16+,19+/m1/s1. The Balaban J connectivity index is 2.26. The first-order valence-electron chi connectivity index (χ1n) is 8.70. The minimum Gasteiger partial charge on any atom is -0.411 e. The van der Waals surface area contributed by atoms with Gasteiger partial charge in [-0.1, -0.05) is 39.0 Å². The number of thioether (sulfide) groups is 1. The number of hydrogen-bond donors (Lipinski definition) is 2. The smallest absolute Gasteiger partial charge is 0.192 e. The molecule has 0 heterocycles. The number of carbonyl (C=O) groups is 1. The van der Waals surface area contributed by atoms with Crippen molar-refractivity contribution in [1.82, 2.24) is 0 Å². The predicted octanol–water partition coefficient (Wildman–Crippen LogP) is 3.62. The maximum absolute atomic E-state index is 12.7. The Morgan fingerprint density at radius 1 is 1.20 bits per heavy atom. The molecule has 25 heavy (non-hydrogen) atoms. The van der Waals surface area contributed by atoms with E-state index in [4.69, 9.17) is 4.43 Å². The van der Waals surface area contributed by atoms with E-state index in [2.05, 4.69) is 33.9 Å². The molecule has 1 aromatic rings. The van der Waals surface area contributed by atoms with E-state index in [1.807, 2.05) is 37.3 Å². The average molecular weight is 383 g/mol. The molecule has 0 aromatic heterocycles. The molecule has 0 spiro atoms. The minimum atomic E-state index is -2.13. The minimum absolute atomic E-state index is 0.0118. The van der Waals surface area contributed by atoms with Crippen LogP contribution in [0.2, 0.25) is 18.1 Å². The van der Waals surface area contributed by atoms with E-state index in [9.17, 15) is 15.0 Å². The number of aliphatic hydroxyl groups is 2. The molecule has 1 fully saturated rings. The third kappa shape index (κ3) is 4.36. The Hall–Kier alpha value is -0.663. The molecule has 0 amide bonds. The van der Waals surface area contributed by atoms with Gasteiger partial charge in [0.1, 0.15) is 12.2 Å². The van der Waals surface area contributed by atoms with Crippen LogP contribution in [0.25, 0.3) is 0 Å². The van der Waals surface area contributed by atoms with E-state index < -0.39 is 31.4 Å². The lowest BCUT2D eigenvalue weighted by Gasteiger charge is -2.46. The van der Waals surface area contributed by atoms with E-state index in [0.29, 0.717) is 6.42 Å². The van der Waals surface area contributed by atoms with Crippen LogP contribution in [0.1, 0.15) is 34.1 Å². The van der Waals surface area contributed by atoms with Gasteiger partial charge in [0.05, 0.1) is 10.9 Å². The molecule has 1 aromatic carbocycles.